The van der Waals surface area contributed by atoms with Gasteiger partial charge in [-0.1, -0.05) is 18.2 Å². The van der Waals surface area contributed by atoms with Crippen molar-refractivity contribution in [1.82, 2.24) is 9.78 Å². The van der Waals surface area contributed by atoms with E-state index in [0.717, 1.165) is 33.5 Å². The molecule has 1 atom stereocenters. The lowest BCUT2D eigenvalue weighted by atomic mass is 9.98. The molecule has 3 rings (SSSR count). The first-order valence-electron chi connectivity index (χ1n) is 6.55. The van der Waals surface area contributed by atoms with Gasteiger partial charge in [-0.2, -0.15) is 5.10 Å². The highest BCUT2D eigenvalue weighted by Gasteiger charge is 2.34. The smallest absolute Gasteiger partial charge is 0.129 e. The number of nitrogens with zero attached hydrogens (tertiary/aromatic N) is 2. The van der Waals surface area contributed by atoms with Crippen LogP contribution in [0.4, 0.5) is 0 Å². The monoisotopic (exact) mass is 336 g/mol. The lowest BCUT2D eigenvalue weighted by Gasteiger charge is -2.20. The van der Waals surface area contributed by atoms with E-state index in [2.05, 4.69) is 40.9 Å². The number of aliphatic hydroxyl groups excluding tert-OH is 1. The molecule has 1 unspecified atom stereocenters. The van der Waals surface area contributed by atoms with Crippen molar-refractivity contribution in [1.29, 1.82) is 0 Å². The van der Waals surface area contributed by atoms with Crippen LogP contribution in [0, 0.1) is 0 Å². The van der Waals surface area contributed by atoms with Gasteiger partial charge in [-0.15, -0.1) is 0 Å². The average Bonchev–Trinajstić information content (AvgIpc) is 2.86. The maximum absolute atomic E-state index is 10.7. The van der Waals surface area contributed by atoms with Crippen molar-refractivity contribution >= 4 is 15.9 Å². The molecule has 0 saturated carbocycles. The Kier molecular flexibility index (Phi) is 3.14. The first-order valence-corrected chi connectivity index (χ1v) is 7.34. The molecule has 0 fully saturated rings. The normalized spacial score (nSPS) is 17.6. The third-order valence-electron chi connectivity index (χ3n) is 3.61. The molecule has 1 aliphatic rings. The highest BCUT2D eigenvalue weighted by atomic mass is 79.9. The van der Waals surface area contributed by atoms with E-state index in [1.54, 1.807) is 10.9 Å². The Morgan fingerprint density at radius 1 is 1.45 bits per heavy atom. The van der Waals surface area contributed by atoms with Crippen LogP contribution in [0.5, 0.6) is 5.75 Å². The van der Waals surface area contributed by atoms with Crippen molar-refractivity contribution in [3.63, 3.8) is 0 Å². The molecular formula is C15H17BrN2O2. The molecule has 0 bridgehead atoms. The number of fused-ring (bicyclic) bond motifs is 1. The Morgan fingerprint density at radius 3 is 2.85 bits per heavy atom. The highest BCUT2D eigenvalue weighted by molar-refractivity contribution is 9.10. The number of halogens is 1. The molecule has 0 amide bonds. The molecule has 0 spiro atoms. The zero-order valence-electron chi connectivity index (χ0n) is 11.7. The fraction of sp³-hybridized carbons (Fsp3) is 0.400. The van der Waals surface area contributed by atoms with Crippen LogP contribution < -0.4 is 4.74 Å². The second-order valence-electron chi connectivity index (χ2n) is 5.78. The maximum Gasteiger partial charge on any atom is 0.129 e. The highest BCUT2D eigenvalue weighted by Crippen LogP contribution is 2.42. The minimum atomic E-state index is -0.763. The van der Waals surface area contributed by atoms with E-state index in [-0.39, 0.29) is 5.60 Å². The fourth-order valence-corrected chi connectivity index (χ4v) is 3.29. The molecule has 1 N–H and O–H groups in total. The summed E-state index contributed by atoms with van der Waals surface area (Å²) in [7, 11) is 1.82. The second-order valence-corrected chi connectivity index (χ2v) is 6.63. The summed E-state index contributed by atoms with van der Waals surface area (Å²) in [5, 5.41) is 14.9. The van der Waals surface area contributed by atoms with Crippen LogP contribution in [0.25, 0.3) is 0 Å². The predicted octanol–water partition coefficient (Wildman–Crippen LogP) is 2.98. The van der Waals surface area contributed by atoms with E-state index >= 15 is 0 Å². The van der Waals surface area contributed by atoms with Crippen molar-refractivity contribution < 1.29 is 9.84 Å². The summed E-state index contributed by atoms with van der Waals surface area (Å²) in [6.45, 7) is 4.12. The van der Waals surface area contributed by atoms with Gasteiger partial charge >= 0.3 is 0 Å². The number of benzene rings is 1. The third kappa shape index (κ3) is 2.15. The van der Waals surface area contributed by atoms with Gasteiger partial charge in [0, 0.05) is 19.0 Å². The van der Waals surface area contributed by atoms with Gasteiger partial charge in [-0.25, -0.2) is 0 Å². The number of para-hydroxylation sites is 1. The van der Waals surface area contributed by atoms with E-state index in [4.69, 9.17) is 4.74 Å². The Hall–Kier alpha value is -1.33. The van der Waals surface area contributed by atoms with Gasteiger partial charge in [0.15, 0.2) is 0 Å². The number of aliphatic hydroxyl groups is 1. The van der Waals surface area contributed by atoms with Gasteiger partial charge in [0.05, 0.1) is 16.4 Å². The standard InChI is InChI=1S/C15H17BrN2O2/c1-15(2)7-9-5-4-6-10(14(9)20-15)13(19)12-11(16)8-17-18(12)3/h4-6,8,13,19H,7H2,1-3H3. The first kappa shape index (κ1) is 13.6. The number of aryl methyl sites for hydroxylation is 1. The van der Waals surface area contributed by atoms with E-state index in [9.17, 15) is 5.11 Å². The van der Waals surface area contributed by atoms with Gasteiger partial charge in [0.1, 0.15) is 17.5 Å². The Bertz CT molecular complexity index is 644. The molecule has 2 heterocycles. The van der Waals surface area contributed by atoms with Gasteiger partial charge in [0.25, 0.3) is 0 Å². The predicted molar refractivity (Wildman–Crippen MR) is 79.8 cm³/mol. The molecule has 1 aliphatic heterocycles. The van der Waals surface area contributed by atoms with Crippen LogP contribution in [0.2, 0.25) is 0 Å². The minimum absolute atomic E-state index is 0.220. The first-order chi connectivity index (χ1) is 9.39. The van der Waals surface area contributed by atoms with Crippen molar-refractivity contribution in [2.24, 2.45) is 7.05 Å². The summed E-state index contributed by atoms with van der Waals surface area (Å²) >= 11 is 3.43. The number of aromatic nitrogens is 2. The molecule has 0 saturated heterocycles. The van der Waals surface area contributed by atoms with Crippen molar-refractivity contribution in [3.05, 3.63) is 45.7 Å². The van der Waals surface area contributed by atoms with E-state index in [0.29, 0.717) is 0 Å². The van der Waals surface area contributed by atoms with E-state index in [1.807, 2.05) is 19.2 Å². The molecule has 106 valence electrons. The number of hydrogen-bond acceptors (Lipinski definition) is 3. The van der Waals surface area contributed by atoms with Gasteiger partial charge in [-0.05, 0) is 35.3 Å². The molecular weight excluding hydrogens is 320 g/mol. The minimum Gasteiger partial charge on any atom is -0.487 e. The number of rotatable bonds is 2. The summed E-state index contributed by atoms with van der Waals surface area (Å²) < 4.78 is 8.49. The molecule has 0 radical (unpaired) electrons. The topological polar surface area (TPSA) is 47.3 Å². The van der Waals surface area contributed by atoms with Crippen molar-refractivity contribution in [2.75, 3.05) is 0 Å². The molecule has 2 aromatic rings. The largest absolute Gasteiger partial charge is 0.487 e. The summed E-state index contributed by atoms with van der Waals surface area (Å²) in [4.78, 5) is 0. The third-order valence-corrected chi connectivity index (χ3v) is 4.22. The Balaban J connectivity index is 2.07. The van der Waals surface area contributed by atoms with Gasteiger partial charge in [0.2, 0.25) is 0 Å². The van der Waals surface area contributed by atoms with Crippen LogP contribution >= 0.6 is 15.9 Å². The fourth-order valence-electron chi connectivity index (χ4n) is 2.73. The molecule has 1 aromatic carbocycles. The quantitative estimate of drug-likeness (QED) is 0.917. The molecule has 4 nitrogen and oxygen atoms in total. The SMILES string of the molecule is Cn1ncc(Br)c1C(O)c1cccc2c1OC(C)(C)C2. The summed E-state index contributed by atoms with van der Waals surface area (Å²) in [6.07, 6.45) is 1.78. The van der Waals surface area contributed by atoms with Crippen LogP contribution in [-0.4, -0.2) is 20.5 Å². The second kappa shape index (κ2) is 4.60. The number of hydrogen-bond donors (Lipinski definition) is 1. The average molecular weight is 337 g/mol. The summed E-state index contributed by atoms with van der Waals surface area (Å²) in [5.41, 5.74) is 2.44. The maximum atomic E-state index is 10.7. The van der Waals surface area contributed by atoms with Crippen LogP contribution in [0.1, 0.15) is 36.8 Å². The van der Waals surface area contributed by atoms with Crippen molar-refractivity contribution in [2.45, 2.75) is 32.0 Å². The molecule has 5 heteroatoms. The van der Waals surface area contributed by atoms with E-state index < -0.39 is 6.10 Å². The number of ether oxygens (including phenoxy) is 1. The lowest BCUT2D eigenvalue weighted by Crippen LogP contribution is -2.25. The zero-order valence-corrected chi connectivity index (χ0v) is 13.3. The van der Waals surface area contributed by atoms with Gasteiger partial charge in [-0.3, -0.25) is 4.68 Å². The Morgan fingerprint density at radius 2 is 2.20 bits per heavy atom. The van der Waals surface area contributed by atoms with Crippen molar-refractivity contribution in [3.8, 4) is 5.75 Å². The summed E-state index contributed by atoms with van der Waals surface area (Å²) in [5.74, 6) is 0.804. The molecule has 20 heavy (non-hydrogen) atoms. The van der Waals surface area contributed by atoms with E-state index in [1.165, 1.54) is 0 Å². The van der Waals surface area contributed by atoms with Crippen LogP contribution in [0.15, 0.2) is 28.9 Å². The Labute approximate surface area is 126 Å². The summed E-state index contributed by atoms with van der Waals surface area (Å²) in [6, 6.07) is 5.93. The molecule has 1 aromatic heterocycles. The van der Waals surface area contributed by atoms with Gasteiger partial charge < -0.3 is 9.84 Å². The molecule has 0 aliphatic carbocycles. The van der Waals surface area contributed by atoms with Crippen LogP contribution in [0.3, 0.4) is 0 Å². The lowest BCUT2D eigenvalue weighted by molar-refractivity contribution is 0.130. The zero-order chi connectivity index (χ0) is 14.5. The van der Waals surface area contributed by atoms with Crippen LogP contribution in [-0.2, 0) is 13.5 Å².